The quantitative estimate of drug-likeness (QED) is 0.0790. The van der Waals surface area contributed by atoms with Crippen molar-refractivity contribution in [1.82, 2.24) is 0 Å². The number of carboxylic acids is 1. The number of aliphatic hydroxyl groups excluding tert-OH is 1. The molecule has 3 aromatic rings. The fraction of sp³-hybridized carbons (Fsp3) is 0.312. The monoisotopic (exact) mass is 582 g/mol. The van der Waals surface area contributed by atoms with Crippen LogP contribution in [0.5, 0.6) is 0 Å². The van der Waals surface area contributed by atoms with Gasteiger partial charge in [-0.25, -0.2) is 4.79 Å². The Labute approximate surface area is 239 Å². The summed E-state index contributed by atoms with van der Waals surface area (Å²) < 4.78 is 0. The molecular weight excluding hydrogens is 543 g/mol. The van der Waals surface area contributed by atoms with Gasteiger partial charge in [-0.15, -0.1) is 0 Å². The maximum absolute atomic E-state index is 11.6. The van der Waals surface area contributed by atoms with Crippen LogP contribution in [0, 0.1) is 0 Å². The molecule has 0 atom stereocenters. The summed E-state index contributed by atoms with van der Waals surface area (Å²) >= 11 is 0. The average Bonchev–Trinajstić information content (AvgIpc) is 2.90. The van der Waals surface area contributed by atoms with Crippen LogP contribution < -0.4 is 15.9 Å². The molecule has 0 saturated carbocycles. The first-order valence-electron chi connectivity index (χ1n) is 13.1. The number of carbonyl (C=O) groups excluding carboxylic acids is 1. The van der Waals surface area contributed by atoms with Crippen molar-refractivity contribution in [2.45, 2.75) is 65.7 Å². The molecule has 4 nitrogen and oxygen atoms in total. The van der Waals surface area contributed by atoms with Gasteiger partial charge in [-0.05, 0) is 63.1 Å². The van der Waals surface area contributed by atoms with E-state index < -0.39 is 13.9 Å². The van der Waals surface area contributed by atoms with Crippen molar-refractivity contribution in [3.8, 4) is 0 Å². The van der Waals surface area contributed by atoms with Gasteiger partial charge in [0.05, 0.1) is 13.7 Å². The van der Waals surface area contributed by atoms with Crippen molar-refractivity contribution in [2.75, 3.05) is 0 Å². The van der Waals surface area contributed by atoms with Crippen molar-refractivity contribution in [3.63, 3.8) is 0 Å². The molecule has 0 aliphatic heterocycles. The molecule has 207 valence electrons. The summed E-state index contributed by atoms with van der Waals surface area (Å²) in [5.74, 6) is -0.676. The van der Waals surface area contributed by atoms with E-state index in [1.165, 1.54) is 43.2 Å². The molecule has 0 aromatic heterocycles. The van der Waals surface area contributed by atoms with Gasteiger partial charge in [0, 0.05) is 22.6 Å². The van der Waals surface area contributed by atoms with E-state index in [4.69, 9.17) is 0 Å². The number of unbranched alkanes of at least 4 members (excludes halogenated alkanes) is 5. The van der Waals surface area contributed by atoms with Crippen LogP contribution in [0.2, 0.25) is 0 Å². The van der Waals surface area contributed by atoms with Gasteiger partial charge >= 0.3 is 5.97 Å². The zero-order valence-corrected chi connectivity index (χ0v) is 24.5. The van der Waals surface area contributed by atoms with Crippen molar-refractivity contribution in [1.29, 1.82) is 0 Å². The Morgan fingerprint density at radius 3 is 1.63 bits per heavy atom. The maximum Gasteiger partial charge on any atom is 0.339 e. The maximum atomic E-state index is 11.6. The molecule has 1 radical (unpaired) electrons. The first kappa shape index (κ1) is 33.3. The van der Waals surface area contributed by atoms with E-state index in [2.05, 4.69) is 31.2 Å². The van der Waals surface area contributed by atoms with Crippen molar-refractivity contribution < 1.29 is 36.9 Å². The number of aliphatic hydroxyl groups is 1. The van der Waals surface area contributed by atoms with Crippen LogP contribution in [0.4, 0.5) is 0 Å². The van der Waals surface area contributed by atoms with Crippen molar-refractivity contribution >= 4 is 35.6 Å². The van der Waals surface area contributed by atoms with Gasteiger partial charge < -0.3 is 10.2 Å². The topological polar surface area (TPSA) is 74.6 Å². The van der Waals surface area contributed by atoms with E-state index in [0.717, 1.165) is 24.6 Å². The van der Waals surface area contributed by atoms with E-state index in [1.807, 2.05) is 48.5 Å². The van der Waals surface area contributed by atoms with E-state index in [-0.39, 0.29) is 28.6 Å². The fourth-order valence-electron chi connectivity index (χ4n) is 4.27. The van der Waals surface area contributed by atoms with Crippen LogP contribution in [-0.2, 0) is 21.9 Å². The number of ketones is 1. The third-order valence-corrected chi connectivity index (χ3v) is 8.99. The molecular formula is C32H40CuO4P+. The van der Waals surface area contributed by atoms with Gasteiger partial charge in [0.15, 0.2) is 5.78 Å². The van der Waals surface area contributed by atoms with Gasteiger partial charge in [0.25, 0.3) is 0 Å². The molecule has 0 saturated heterocycles. The summed E-state index contributed by atoms with van der Waals surface area (Å²) in [6, 6.07) is 27.7. The third kappa shape index (κ3) is 11.0. The Balaban J connectivity index is 0.000000401. The molecule has 0 aliphatic rings. The van der Waals surface area contributed by atoms with Gasteiger partial charge in [0.1, 0.15) is 21.5 Å². The van der Waals surface area contributed by atoms with Gasteiger partial charge in [-0.2, -0.15) is 0 Å². The predicted octanol–water partition coefficient (Wildman–Crippen LogP) is 7.03. The minimum absolute atomic E-state index is 0. The van der Waals surface area contributed by atoms with Crippen LogP contribution >= 0.6 is 7.92 Å². The second kappa shape index (κ2) is 18.5. The Morgan fingerprint density at radius 2 is 1.16 bits per heavy atom. The number of allylic oxidation sites excluding steroid dienone is 2. The van der Waals surface area contributed by atoms with Crippen LogP contribution in [-0.4, -0.2) is 22.0 Å². The standard InChI is InChI=1S/C19H15O2P.C13H24O2.Cu/c20-19(21)17-13-7-8-14-18(17)22(15-9-3-1-4-10-15)16-11-5-2-6-12-16;1-4-5-6-7-8-9-10-13(11(2)14)12(3)15;/h1-14H,(H,20,21);14H,4-10H2,1-3H3;/p+1/b;13-11-;. The summed E-state index contributed by atoms with van der Waals surface area (Å²) in [5.41, 5.74) is 0.995. The molecule has 0 aliphatic carbocycles. The fourth-order valence-corrected chi connectivity index (χ4v) is 7.00. The number of carbonyl (C=O) groups is 2. The van der Waals surface area contributed by atoms with Gasteiger partial charge in [-0.3, -0.25) is 4.79 Å². The SMILES string of the molecule is CCCCCCCC/C(C(C)=O)=C(\C)O.O=C(O)c1ccccc1[PH+](c1ccccc1)c1ccccc1.[Cu]. The van der Waals surface area contributed by atoms with E-state index in [9.17, 15) is 19.8 Å². The van der Waals surface area contributed by atoms with Crippen molar-refractivity contribution in [3.05, 3.63) is 102 Å². The Kier molecular flexibility index (Phi) is 16.2. The number of benzene rings is 3. The summed E-state index contributed by atoms with van der Waals surface area (Å²) in [7, 11) is -1.33. The summed E-state index contributed by atoms with van der Waals surface area (Å²) in [5, 5.41) is 22.1. The molecule has 38 heavy (non-hydrogen) atoms. The molecule has 0 bridgehead atoms. The van der Waals surface area contributed by atoms with Crippen LogP contribution in [0.15, 0.2) is 96.3 Å². The van der Waals surface area contributed by atoms with Crippen LogP contribution in [0.1, 0.15) is 76.1 Å². The van der Waals surface area contributed by atoms with E-state index in [0.29, 0.717) is 11.1 Å². The molecule has 0 unspecified atom stereocenters. The van der Waals surface area contributed by atoms with Gasteiger partial charge in [-0.1, -0.05) is 87.6 Å². The third-order valence-electron chi connectivity index (χ3n) is 6.19. The number of Topliss-reactive ketones (excluding diaryl/α,β-unsaturated/α-hetero) is 1. The smallest absolute Gasteiger partial charge is 0.339 e. The zero-order valence-electron chi connectivity index (χ0n) is 22.5. The molecule has 0 fully saturated rings. The Hall–Kier alpha value is -2.71. The number of hydrogen-bond acceptors (Lipinski definition) is 3. The molecule has 3 rings (SSSR count). The summed E-state index contributed by atoms with van der Waals surface area (Å²) in [6.45, 7) is 5.31. The minimum atomic E-state index is -1.33. The second-order valence-corrected chi connectivity index (χ2v) is 11.5. The molecule has 0 spiro atoms. The molecule has 2 N–H and O–H groups in total. The number of aromatic carboxylic acids is 1. The predicted molar refractivity (Wildman–Crippen MR) is 158 cm³/mol. The van der Waals surface area contributed by atoms with Crippen LogP contribution in [0.25, 0.3) is 0 Å². The second-order valence-electron chi connectivity index (χ2n) is 9.10. The average molecular weight is 583 g/mol. The molecule has 6 heteroatoms. The van der Waals surface area contributed by atoms with Crippen molar-refractivity contribution in [2.24, 2.45) is 0 Å². The first-order valence-corrected chi connectivity index (χ1v) is 14.6. The van der Waals surface area contributed by atoms with Gasteiger partial charge in [0.2, 0.25) is 0 Å². The normalized spacial score (nSPS) is 11.1. The molecule has 0 heterocycles. The zero-order chi connectivity index (χ0) is 27.0. The molecule has 3 aromatic carbocycles. The van der Waals surface area contributed by atoms with Crippen LogP contribution in [0.3, 0.4) is 0 Å². The first-order chi connectivity index (χ1) is 17.9. The largest absolute Gasteiger partial charge is 0.512 e. The van der Waals surface area contributed by atoms with E-state index >= 15 is 0 Å². The minimum Gasteiger partial charge on any atom is -0.512 e. The number of rotatable bonds is 12. The number of carboxylic acid groups (broad SMARTS) is 1. The molecule has 0 amide bonds. The Bertz CT molecular complexity index is 1100. The Morgan fingerprint density at radius 1 is 0.684 bits per heavy atom. The van der Waals surface area contributed by atoms with E-state index in [1.54, 1.807) is 19.1 Å². The summed E-state index contributed by atoms with van der Waals surface area (Å²) in [4.78, 5) is 22.7. The summed E-state index contributed by atoms with van der Waals surface area (Å²) in [6.07, 6.45) is 7.98. The number of hydrogen-bond donors (Lipinski definition) is 2.